The van der Waals surface area contributed by atoms with E-state index in [1.54, 1.807) is 0 Å². The van der Waals surface area contributed by atoms with E-state index in [0.29, 0.717) is 11.5 Å². The van der Waals surface area contributed by atoms with Crippen LogP contribution in [0, 0.1) is 11.8 Å². The summed E-state index contributed by atoms with van der Waals surface area (Å²) in [6, 6.07) is 3.07. The quantitative estimate of drug-likeness (QED) is 0.859. The number of carbonyl (C=O) groups is 1. The van der Waals surface area contributed by atoms with Crippen molar-refractivity contribution in [2.75, 3.05) is 6.54 Å². The predicted molar refractivity (Wildman–Crippen MR) is 77.7 cm³/mol. The molecular formula is C14H18Cl2N2O. The first-order valence-corrected chi connectivity index (χ1v) is 7.41. The van der Waals surface area contributed by atoms with Crippen LogP contribution in [0.15, 0.2) is 12.1 Å². The molecule has 0 atom stereocenters. The summed E-state index contributed by atoms with van der Waals surface area (Å²) < 4.78 is 0. The third-order valence-corrected chi connectivity index (χ3v) is 4.10. The fourth-order valence-corrected chi connectivity index (χ4v) is 2.93. The average molecular weight is 301 g/mol. The largest absolute Gasteiger partial charge is 0.352 e. The molecule has 3 nitrogen and oxygen atoms in total. The van der Waals surface area contributed by atoms with E-state index in [-0.39, 0.29) is 16.2 Å². The lowest BCUT2D eigenvalue weighted by Crippen LogP contribution is -2.31. The van der Waals surface area contributed by atoms with Crippen molar-refractivity contribution in [3.05, 3.63) is 28.0 Å². The molecule has 5 heteroatoms. The Hall–Kier alpha value is -0.800. The highest BCUT2D eigenvalue weighted by molar-refractivity contribution is 6.33. The van der Waals surface area contributed by atoms with Crippen LogP contribution >= 0.6 is 23.2 Å². The summed E-state index contributed by atoms with van der Waals surface area (Å²) in [6.45, 7) is 3.01. The van der Waals surface area contributed by atoms with E-state index in [2.05, 4.69) is 17.2 Å². The maximum atomic E-state index is 12.0. The molecular weight excluding hydrogens is 283 g/mol. The normalized spacial score (nSPS) is 23.1. The zero-order valence-electron chi connectivity index (χ0n) is 11.0. The number of hydrogen-bond acceptors (Lipinski definition) is 2. The van der Waals surface area contributed by atoms with Crippen molar-refractivity contribution in [1.29, 1.82) is 0 Å². The van der Waals surface area contributed by atoms with E-state index in [4.69, 9.17) is 23.2 Å². The third kappa shape index (κ3) is 4.36. The molecule has 104 valence electrons. The summed E-state index contributed by atoms with van der Waals surface area (Å²) in [5.74, 6) is 1.28. The monoisotopic (exact) mass is 300 g/mol. The van der Waals surface area contributed by atoms with Gasteiger partial charge in [0.1, 0.15) is 10.3 Å². The van der Waals surface area contributed by atoms with Gasteiger partial charge in [0, 0.05) is 12.1 Å². The Labute approximate surface area is 123 Å². The number of pyridine rings is 1. The molecule has 0 unspecified atom stereocenters. The van der Waals surface area contributed by atoms with Gasteiger partial charge in [-0.15, -0.1) is 0 Å². The number of amides is 1. The number of carbonyl (C=O) groups excluding carboxylic acids is 1. The molecule has 1 aromatic rings. The highest BCUT2D eigenvalue weighted by atomic mass is 35.5. The second-order valence-electron chi connectivity index (χ2n) is 5.34. The molecule has 0 bridgehead atoms. The minimum atomic E-state index is -0.134. The molecule has 19 heavy (non-hydrogen) atoms. The highest BCUT2D eigenvalue weighted by Gasteiger charge is 2.19. The van der Waals surface area contributed by atoms with E-state index >= 15 is 0 Å². The second-order valence-corrected chi connectivity index (χ2v) is 6.11. The van der Waals surface area contributed by atoms with Gasteiger partial charge < -0.3 is 5.32 Å². The van der Waals surface area contributed by atoms with Crippen molar-refractivity contribution >= 4 is 29.1 Å². The number of halogens is 2. The first-order chi connectivity index (χ1) is 9.04. The van der Waals surface area contributed by atoms with Crippen LogP contribution in [0.25, 0.3) is 0 Å². The van der Waals surface area contributed by atoms with Crippen molar-refractivity contribution in [2.45, 2.75) is 32.6 Å². The summed E-state index contributed by atoms with van der Waals surface area (Å²) >= 11 is 11.6. The average Bonchev–Trinajstić information content (AvgIpc) is 2.36. The molecule has 1 amide bonds. The first-order valence-electron chi connectivity index (χ1n) is 6.66. The van der Waals surface area contributed by atoms with E-state index in [1.807, 2.05) is 0 Å². The smallest absolute Gasteiger partial charge is 0.251 e. The summed E-state index contributed by atoms with van der Waals surface area (Å²) in [4.78, 5) is 15.8. The molecule has 2 rings (SSSR count). The van der Waals surface area contributed by atoms with Gasteiger partial charge >= 0.3 is 0 Å². The summed E-state index contributed by atoms with van der Waals surface area (Å²) in [5.41, 5.74) is 0.467. The van der Waals surface area contributed by atoms with Gasteiger partial charge in [-0.05, 0) is 36.8 Å². The first kappa shape index (κ1) is 14.6. The van der Waals surface area contributed by atoms with E-state index < -0.39 is 0 Å². The lowest BCUT2D eigenvalue weighted by Gasteiger charge is -2.26. The van der Waals surface area contributed by atoms with Crippen molar-refractivity contribution < 1.29 is 4.79 Å². The van der Waals surface area contributed by atoms with E-state index in [9.17, 15) is 4.79 Å². The van der Waals surface area contributed by atoms with Gasteiger partial charge in [0.25, 0.3) is 5.91 Å². The zero-order chi connectivity index (χ0) is 13.8. The van der Waals surface area contributed by atoms with E-state index in [0.717, 1.165) is 12.5 Å². The Balaban J connectivity index is 1.87. The topological polar surface area (TPSA) is 42.0 Å². The summed E-state index contributed by atoms with van der Waals surface area (Å²) in [7, 11) is 0. The Morgan fingerprint density at radius 3 is 2.42 bits per heavy atom. The predicted octanol–water partition coefficient (Wildman–Crippen LogP) is 3.94. The molecule has 0 spiro atoms. The highest BCUT2D eigenvalue weighted by Crippen LogP contribution is 2.27. The number of hydrogen-bond donors (Lipinski definition) is 1. The van der Waals surface area contributed by atoms with Crippen LogP contribution in [-0.4, -0.2) is 17.4 Å². The van der Waals surface area contributed by atoms with Crippen LogP contribution in [0.2, 0.25) is 10.3 Å². The molecule has 1 aliphatic rings. The molecule has 0 saturated heterocycles. The van der Waals surface area contributed by atoms with Gasteiger partial charge in [0.15, 0.2) is 0 Å². The minimum Gasteiger partial charge on any atom is -0.352 e. The number of nitrogens with one attached hydrogen (secondary N) is 1. The van der Waals surface area contributed by atoms with Gasteiger partial charge in [-0.1, -0.05) is 43.0 Å². The van der Waals surface area contributed by atoms with Crippen molar-refractivity contribution in [3.8, 4) is 0 Å². The summed E-state index contributed by atoms with van der Waals surface area (Å²) in [6.07, 6.45) is 4.90. The Morgan fingerprint density at radius 1 is 1.26 bits per heavy atom. The Morgan fingerprint density at radius 2 is 1.84 bits per heavy atom. The fraction of sp³-hybridized carbons (Fsp3) is 0.571. The minimum absolute atomic E-state index is 0.134. The van der Waals surface area contributed by atoms with Crippen LogP contribution in [0.3, 0.4) is 0 Å². The fourth-order valence-electron chi connectivity index (χ4n) is 2.47. The Bertz CT molecular complexity index is 437. The molecule has 1 N–H and O–H groups in total. The molecule has 1 aromatic heterocycles. The maximum absolute atomic E-state index is 12.0. The van der Waals surface area contributed by atoms with Gasteiger partial charge in [-0.3, -0.25) is 4.79 Å². The molecule has 1 aliphatic carbocycles. The van der Waals surface area contributed by atoms with Crippen LogP contribution in [0.1, 0.15) is 43.0 Å². The maximum Gasteiger partial charge on any atom is 0.251 e. The second kappa shape index (κ2) is 6.58. The number of nitrogens with zero attached hydrogens (tertiary/aromatic N) is 1. The standard InChI is InChI=1S/C14H18Cl2N2O/c1-9-2-4-10(5-3-9)8-17-14(19)11-6-12(15)18-13(16)7-11/h6-7,9-10H,2-5,8H2,1H3,(H,17,19). The van der Waals surface area contributed by atoms with Crippen LogP contribution in [0.4, 0.5) is 0 Å². The molecule has 0 aliphatic heterocycles. The van der Waals surface area contributed by atoms with Crippen LogP contribution in [-0.2, 0) is 0 Å². The lowest BCUT2D eigenvalue weighted by atomic mass is 9.83. The number of aromatic nitrogens is 1. The summed E-state index contributed by atoms with van der Waals surface area (Å²) in [5, 5.41) is 3.43. The molecule has 1 heterocycles. The van der Waals surface area contributed by atoms with E-state index in [1.165, 1.54) is 37.8 Å². The molecule has 0 aromatic carbocycles. The number of rotatable bonds is 3. The zero-order valence-corrected chi connectivity index (χ0v) is 12.5. The van der Waals surface area contributed by atoms with Crippen molar-refractivity contribution in [1.82, 2.24) is 10.3 Å². The van der Waals surface area contributed by atoms with Crippen LogP contribution < -0.4 is 5.32 Å². The van der Waals surface area contributed by atoms with Gasteiger partial charge in [0.2, 0.25) is 0 Å². The van der Waals surface area contributed by atoms with Gasteiger partial charge in [-0.25, -0.2) is 4.98 Å². The van der Waals surface area contributed by atoms with Gasteiger partial charge in [-0.2, -0.15) is 0 Å². The molecule has 0 radical (unpaired) electrons. The van der Waals surface area contributed by atoms with Crippen LogP contribution in [0.5, 0.6) is 0 Å². The lowest BCUT2D eigenvalue weighted by molar-refractivity contribution is 0.0941. The van der Waals surface area contributed by atoms with Crippen molar-refractivity contribution in [2.24, 2.45) is 11.8 Å². The SMILES string of the molecule is CC1CCC(CNC(=O)c2cc(Cl)nc(Cl)c2)CC1. The molecule has 1 saturated carbocycles. The Kier molecular flexibility index (Phi) is 5.06. The van der Waals surface area contributed by atoms with Crippen molar-refractivity contribution in [3.63, 3.8) is 0 Å². The molecule has 1 fully saturated rings. The van der Waals surface area contributed by atoms with Gasteiger partial charge in [0.05, 0.1) is 0 Å². The third-order valence-electron chi connectivity index (χ3n) is 3.71.